The molecule has 2 saturated heterocycles. The number of benzene rings is 1. The molecular formula is C20H22F2N2O5. The van der Waals surface area contributed by atoms with Gasteiger partial charge in [0.25, 0.3) is 0 Å². The van der Waals surface area contributed by atoms with Crippen LogP contribution in [0.25, 0.3) is 11.0 Å². The molecule has 0 aliphatic carbocycles. The molecule has 1 aromatic heterocycles. The molecule has 2 aromatic rings. The summed E-state index contributed by atoms with van der Waals surface area (Å²) >= 11 is 0. The van der Waals surface area contributed by atoms with Crippen LogP contribution in [0, 0.1) is 11.7 Å². The SMILES string of the molecule is C[C@@H]1CN(c2c(C=O)cc3c(C4C(=O)O[C@H](C)[C@@H]4CF)noc3c2F)C[C@@H](C)O1. The summed E-state index contributed by atoms with van der Waals surface area (Å²) in [5, 5.41) is 4.05. The molecule has 29 heavy (non-hydrogen) atoms. The monoisotopic (exact) mass is 408 g/mol. The number of fused-ring (bicyclic) bond motifs is 1. The highest BCUT2D eigenvalue weighted by Gasteiger charge is 2.46. The molecule has 0 bridgehead atoms. The van der Waals surface area contributed by atoms with Crippen LogP contribution in [0.1, 0.15) is 42.7 Å². The number of hydrogen-bond acceptors (Lipinski definition) is 7. The van der Waals surface area contributed by atoms with Gasteiger partial charge in [-0.1, -0.05) is 5.16 Å². The average Bonchev–Trinajstić information content (AvgIpc) is 3.20. The predicted octanol–water partition coefficient (Wildman–Crippen LogP) is 3.01. The molecule has 2 aliphatic heterocycles. The number of morpholine rings is 1. The van der Waals surface area contributed by atoms with Crippen molar-refractivity contribution < 1.29 is 32.4 Å². The van der Waals surface area contributed by atoms with E-state index < -0.39 is 36.4 Å². The first-order valence-corrected chi connectivity index (χ1v) is 9.59. The third-order valence-electron chi connectivity index (χ3n) is 5.66. The number of alkyl halides is 1. The third kappa shape index (κ3) is 3.17. The molecule has 0 saturated carbocycles. The van der Waals surface area contributed by atoms with Crippen molar-refractivity contribution in [2.45, 2.75) is 45.0 Å². The molecule has 0 N–H and O–H groups in total. The van der Waals surface area contributed by atoms with E-state index in [4.69, 9.17) is 14.0 Å². The molecule has 0 spiro atoms. The third-order valence-corrected chi connectivity index (χ3v) is 5.66. The van der Waals surface area contributed by atoms with Crippen LogP contribution in [0.5, 0.6) is 0 Å². The van der Waals surface area contributed by atoms with Crippen LogP contribution < -0.4 is 4.90 Å². The summed E-state index contributed by atoms with van der Waals surface area (Å²) in [6.45, 7) is 5.36. The number of rotatable bonds is 4. The maximum absolute atomic E-state index is 15.4. The first-order chi connectivity index (χ1) is 13.8. The molecular weight excluding hydrogens is 386 g/mol. The number of aldehydes is 1. The molecule has 0 radical (unpaired) electrons. The molecule has 2 aliphatic rings. The van der Waals surface area contributed by atoms with Crippen LogP contribution in [-0.4, -0.2) is 55.5 Å². The maximum atomic E-state index is 15.4. The van der Waals surface area contributed by atoms with Gasteiger partial charge in [0.05, 0.1) is 24.6 Å². The van der Waals surface area contributed by atoms with Crippen LogP contribution in [-0.2, 0) is 14.3 Å². The zero-order valence-corrected chi connectivity index (χ0v) is 16.4. The number of nitrogens with zero attached hydrogens (tertiary/aromatic N) is 2. The molecule has 7 nitrogen and oxygen atoms in total. The van der Waals surface area contributed by atoms with Gasteiger partial charge in [0.15, 0.2) is 12.1 Å². The minimum absolute atomic E-state index is 0.0919. The zero-order chi connectivity index (χ0) is 20.9. The van der Waals surface area contributed by atoms with Gasteiger partial charge in [0, 0.05) is 30.0 Å². The van der Waals surface area contributed by atoms with Crippen LogP contribution >= 0.6 is 0 Å². The Morgan fingerprint density at radius 3 is 2.59 bits per heavy atom. The number of carbonyl (C=O) groups excluding carboxylic acids is 2. The molecule has 156 valence electrons. The van der Waals surface area contributed by atoms with Crippen molar-refractivity contribution in [2.24, 2.45) is 5.92 Å². The van der Waals surface area contributed by atoms with E-state index in [2.05, 4.69) is 5.16 Å². The molecule has 2 fully saturated rings. The van der Waals surface area contributed by atoms with E-state index in [0.717, 1.165) is 0 Å². The standard InChI is InChI=1S/C20H22F2N2O5/c1-9-6-24(7-10(2)27-9)18-12(8-25)4-13-17(23-29-19(13)16(18)22)15-14(5-21)11(3)28-20(15)26/h4,8-11,14-15H,5-7H2,1-3H3/t9-,10-,11-,14+,15?/m1/s1. The number of hydrogen-bond donors (Lipinski definition) is 0. The second kappa shape index (κ2) is 7.37. The highest BCUT2D eigenvalue weighted by atomic mass is 19.1. The van der Waals surface area contributed by atoms with Crippen molar-refractivity contribution >= 4 is 28.9 Å². The van der Waals surface area contributed by atoms with E-state index >= 15 is 4.39 Å². The van der Waals surface area contributed by atoms with Gasteiger partial charge < -0.3 is 18.9 Å². The first kappa shape index (κ1) is 19.8. The fraction of sp³-hybridized carbons (Fsp3) is 0.550. The van der Waals surface area contributed by atoms with Crippen molar-refractivity contribution in [3.8, 4) is 0 Å². The van der Waals surface area contributed by atoms with Gasteiger partial charge in [0.2, 0.25) is 5.58 Å². The quantitative estimate of drug-likeness (QED) is 0.568. The van der Waals surface area contributed by atoms with Gasteiger partial charge in [-0.3, -0.25) is 14.0 Å². The van der Waals surface area contributed by atoms with E-state index in [1.54, 1.807) is 11.8 Å². The van der Waals surface area contributed by atoms with Gasteiger partial charge in [-0.25, -0.2) is 4.39 Å². The van der Waals surface area contributed by atoms with Gasteiger partial charge in [-0.2, -0.15) is 0 Å². The minimum atomic E-state index is -1.01. The summed E-state index contributed by atoms with van der Waals surface area (Å²) in [6, 6.07) is 1.45. The van der Waals surface area contributed by atoms with Gasteiger partial charge in [0.1, 0.15) is 17.7 Å². The lowest BCUT2D eigenvalue weighted by Gasteiger charge is -2.37. The highest BCUT2D eigenvalue weighted by molar-refractivity contribution is 5.97. The molecule has 3 heterocycles. The molecule has 4 rings (SSSR count). The summed E-state index contributed by atoms with van der Waals surface area (Å²) in [6.07, 6.45) is -0.352. The normalized spacial score (nSPS) is 30.0. The summed E-state index contributed by atoms with van der Waals surface area (Å²) < 4.78 is 45.0. The van der Waals surface area contributed by atoms with Crippen LogP contribution in [0.2, 0.25) is 0 Å². The van der Waals surface area contributed by atoms with Crippen molar-refractivity contribution in [2.75, 3.05) is 24.7 Å². The van der Waals surface area contributed by atoms with Crippen LogP contribution in [0.3, 0.4) is 0 Å². The fourth-order valence-corrected chi connectivity index (χ4v) is 4.38. The summed E-state index contributed by atoms with van der Waals surface area (Å²) in [4.78, 5) is 25.8. The molecule has 9 heteroatoms. The van der Waals surface area contributed by atoms with Gasteiger partial charge in [-0.15, -0.1) is 0 Å². The van der Waals surface area contributed by atoms with Crippen LogP contribution in [0.4, 0.5) is 14.5 Å². The lowest BCUT2D eigenvalue weighted by molar-refractivity contribution is -0.142. The second-order valence-electron chi connectivity index (χ2n) is 7.79. The number of halogens is 2. The summed E-state index contributed by atoms with van der Waals surface area (Å²) in [5.74, 6) is -3.13. The molecule has 0 amide bonds. The van der Waals surface area contributed by atoms with E-state index in [1.807, 2.05) is 13.8 Å². The fourth-order valence-electron chi connectivity index (χ4n) is 4.38. The number of ether oxygens (including phenoxy) is 2. The van der Waals surface area contributed by atoms with E-state index in [0.29, 0.717) is 19.4 Å². The lowest BCUT2D eigenvalue weighted by Crippen LogP contribution is -2.46. The lowest BCUT2D eigenvalue weighted by atomic mass is 9.87. The molecule has 1 aromatic carbocycles. The van der Waals surface area contributed by atoms with E-state index in [-0.39, 0.29) is 40.1 Å². The second-order valence-corrected chi connectivity index (χ2v) is 7.79. The van der Waals surface area contributed by atoms with Gasteiger partial charge >= 0.3 is 5.97 Å². The number of carbonyl (C=O) groups is 2. The largest absolute Gasteiger partial charge is 0.462 e. The minimum Gasteiger partial charge on any atom is -0.462 e. The van der Waals surface area contributed by atoms with Crippen molar-refractivity contribution in [3.63, 3.8) is 0 Å². The molecule has 1 unspecified atom stereocenters. The Kier molecular flexibility index (Phi) is 5.02. The maximum Gasteiger partial charge on any atom is 0.315 e. The highest BCUT2D eigenvalue weighted by Crippen LogP contribution is 2.42. The summed E-state index contributed by atoms with van der Waals surface area (Å²) in [5.41, 5.74) is 0.144. The Morgan fingerprint density at radius 1 is 1.28 bits per heavy atom. The topological polar surface area (TPSA) is 81.9 Å². The summed E-state index contributed by atoms with van der Waals surface area (Å²) in [7, 11) is 0. The Hall–Kier alpha value is -2.55. The average molecular weight is 408 g/mol. The number of anilines is 1. The number of aromatic nitrogens is 1. The first-order valence-electron chi connectivity index (χ1n) is 9.59. The zero-order valence-electron chi connectivity index (χ0n) is 16.4. The van der Waals surface area contributed by atoms with Crippen molar-refractivity contribution in [3.05, 3.63) is 23.1 Å². The van der Waals surface area contributed by atoms with Gasteiger partial charge in [-0.05, 0) is 26.8 Å². The Morgan fingerprint density at radius 2 is 1.97 bits per heavy atom. The Labute approximate surface area is 165 Å². The van der Waals surface area contributed by atoms with E-state index in [9.17, 15) is 14.0 Å². The molecule has 5 atom stereocenters. The number of cyclic esters (lactones) is 1. The van der Waals surface area contributed by atoms with Crippen molar-refractivity contribution in [1.82, 2.24) is 5.16 Å². The Balaban J connectivity index is 1.84. The van der Waals surface area contributed by atoms with Crippen LogP contribution in [0.15, 0.2) is 10.6 Å². The predicted molar refractivity (Wildman–Crippen MR) is 99.3 cm³/mol. The smallest absolute Gasteiger partial charge is 0.315 e. The van der Waals surface area contributed by atoms with E-state index in [1.165, 1.54) is 6.07 Å². The van der Waals surface area contributed by atoms with Crippen molar-refractivity contribution in [1.29, 1.82) is 0 Å². The Bertz CT molecular complexity index is 952. The number of esters is 1.